The van der Waals surface area contributed by atoms with Crippen molar-refractivity contribution in [1.82, 2.24) is 0 Å². The number of nitrogens with zero attached hydrogens (tertiary/aromatic N) is 1. The van der Waals surface area contributed by atoms with Gasteiger partial charge >= 0.3 is 5.97 Å². The first-order chi connectivity index (χ1) is 12.8. The van der Waals surface area contributed by atoms with Crippen LogP contribution in [-0.4, -0.2) is 26.0 Å². The Morgan fingerprint density at radius 2 is 1.63 bits per heavy atom. The minimum absolute atomic E-state index is 0.0598. The maximum atomic E-state index is 13.2. The molecule has 0 radical (unpaired) electrons. The number of fused-ring (bicyclic) bond motifs is 1. The third-order valence-corrected chi connectivity index (χ3v) is 6.59. The highest BCUT2D eigenvalue weighted by molar-refractivity contribution is 7.92. The van der Waals surface area contributed by atoms with E-state index in [0.717, 1.165) is 15.1 Å². The molecule has 0 bridgehead atoms. The van der Waals surface area contributed by atoms with Crippen LogP contribution in [0.2, 0.25) is 10.0 Å². The smallest absolute Gasteiger partial charge is 0.305 e. The zero-order chi connectivity index (χ0) is 19.6. The van der Waals surface area contributed by atoms with Gasteiger partial charge in [-0.05, 0) is 41.1 Å². The Balaban J connectivity index is 2.10. The predicted octanol–water partition coefficient (Wildman–Crippen LogP) is 4.82. The van der Waals surface area contributed by atoms with Crippen molar-refractivity contribution in [1.29, 1.82) is 0 Å². The van der Waals surface area contributed by atoms with Crippen LogP contribution in [0.4, 0.5) is 5.69 Å². The molecule has 140 valence electrons. The molecule has 3 rings (SSSR count). The summed E-state index contributed by atoms with van der Waals surface area (Å²) in [7, 11) is -4.03. The Morgan fingerprint density at radius 3 is 2.30 bits per heavy atom. The van der Waals surface area contributed by atoms with Crippen LogP contribution in [0.3, 0.4) is 0 Å². The largest absolute Gasteiger partial charge is 0.481 e. The fourth-order valence-corrected chi connectivity index (χ4v) is 4.53. The summed E-state index contributed by atoms with van der Waals surface area (Å²) in [5, 5.41) is 11.2. The molecule has 0 aliphatic rings. The Morgan fingerprint density at radius 1 is 0.926 bits per heavy atom. The third-order valence-electron chi connectivity index (χ3n) is 4.03. The fourth-order valence-electron chi connectivity index (χ4n) is 2.68. The number of hydrogen-bond donors (Lipinski definition) is 1. The van der Waals surface area contributed by atoms with Gasteiger partial charge in [-0.25, -0.2) is 8.42 Å². The van der Waals surface area contributed by atoms with Gasteiger partial charge in [-0.3, -0.25) is 9.10 Å². The quantitative estimate of drug-likeness (QED) is 0.616. The zero-order valence-corrected chi connectivity index (χ0v) is 16.3. The van der Waals surface area contributed by atoms with Crippen LogP contribution in [0.1, 0.15) is 6.42 Å². The van der Waals surface area contributed by atoms with Gasteiger partial charge in [0.2, 0.25) is 0 Å². The lowest BCUT2D eigenvalue weighted by molar-refractivity contribution is -0.136. The summed E-state index contributed by atoms with van der Waals surface area (Å²) in [6.45, 7) is -0.212. The average Bonchev–Trinajstić information content (AvgIpc) is 2.63. The van der Waals surface area contributed by atoms with E-state index in [4.69, 9.17) is 28.3 Å². The molecule has 0 saturated carbocycles. The van der Waals surface area contributed by atoms with E-state index in [0.29, 0.717) is 5.69 Å². The summed E-state index contributed by atoms with van der Waals surface area (Å²) in [4.78, 5) is 11.0. The van der Waals surface area contributed by atoms with Crippen LogP contribution in [0, 0.1) is 0 Å². The molecule has 0 aliphatic heterocycles. The lowest BCUT2D eigenvalue weighted by Crippen LogP contribution is -2.33. The molecule has 0 saturated heterocycles. The van der Waals surface area contributed by atoms with Gasteiger partial charge in [0.15, 0.2) is 0 Å². The molecule has 0 aliphatic carbocycles. The number of aliphatic carboxylic acids is 1. The van der Waals surface area contributed by atoms with E-state index < -0.39 is 16.0 Å². The van der Waals surface area contributed by atoms with Crippen molar-refractivity contribution in [3.8, 4) is 0 Å². The van der Waals surface area contributed by atoms with Crippen LogP contribution in [0.25, 0.3) is 10.8 Å². The molecular weight excluding hydrogens is 409 g/mol. The van der Waals surface area contributed by atoms with Crippen molar-refractivity contribution in [2.75, 3.05) is 10.8 Å². The van der Waals surface area contributed by atoms with Crippen molar-refractivity contribution in [2.45, 2.75) is 11.3 Å². The van der Waals surface area contributed by atoms with E-state index in [9.17, 15) is 13.2 Å². The maximum Gasteiger partial charge on any atom is 0.305 e. The molecule has 1 N–H and O–H groups in total. The van der Waals surface area contributed by atoms with E-state index in [1.165, 1.54) is 18.2 Å². The lowest BCUT2D eigenvalue weighted by Gasteiger charge is -2.24. The van der Waals surface area contributed by atoms with Gasteiger partial charge in [-0.1, -0.05) is 53.5 Å². The molecule has 0 heterocycles. The molecule has 5 nitrogen and oxygen atoms in total. The van der Waals surface area contributed by atoms with Crippen LogP contribution < -0.4 is 4.31 Å². The van der Waals surface area contributed by atoms with Gasteiger partial charge in [0.25, 0.3) is 10.0 Å². The number of anilines is 1. The van der Waals surface area contributed by atoms with E-state index >= 15 is 0 Å². The second-order valence-electron chi connectivity index (χ2n) is 5.83. The number of hydrogen-bond acceptors (Lipinski definition) is 3. The molecule has 27 heavy (non-hydrogen) atoms. The molecule has 0 aromatic heterocycles. The summed E-state index contributed by atoms with van der Waals surface area (Å²) >= 11 is 11.8. The summed E-state index contributed by atoms with van der Waals surface area (Å²) in [5.74, 6) is -1.09. The van der Waals surface area contributed by atoms with E-state index in [2.05, 4.69) is 0 Å². The third kappa shape index (κ3) is 4.18. The molecule has 0 unspecified atom stereocenters. The number of sulfonamides is 1. The van der Waals surface area contributed by atoms with Gasteiger partial charge in [0.05, 0.1) is 27.0 Å². The van der Waals surface area contributed by atoms with Gasteiger partial charge in [-0.15, -0.1) is 0 Å². The Kier molecular flexibility index (Phi) is 5.60. The van der Waals surface area contributed by atoms with Crippen LogP contribution in [0.15, 0.2) is 65.6 Å². The lowest BCUT2D eigenvalue weighted by atomic mass is 10.1. The van der Waals surface area contributed by atoms with Crippen LogP contribution in [0.5, 0.6) is 0 Å². The van der Waals surface area contributed by atoms with Gasteiger partial charge < -0.3 is 5.11 Å². The first kappa shape index (κ1) is 19.5. The first-order valence-electron chi connectivity index (χ1n) is 7.97. The Labute approximate surface area is 166 Å². The number of rotatable bonds is 6. The Hall–Kier alpha value is -2.28. The molecule has 0 spiro atoms. The monoisotopic (exact) mass is 423 g/mol. The number of carbonyl (C=O) groups is 1. The minimum Gasteiger partial charge on any atom is -0.481 e. The van der Waals surface area contributed by atoms with E-state index in [1.54, 1.807) is 18.2 Å². The molecule has 3 aromatic carbocycles. The second kappa shape index (κ2) is 7.76. The van der Waals surface area contributed by atoms with Gasteiger partial charge in [0, 0.05) is 6.54 Å². The van der Waals surface area contributed by atoms with Crippen molar-refractivity contribution in [2.24, 2.45) is 0 Å². The highest BCUT2D eigenvalue weighted by Crippen LogP contribution is 2.30. The standard InChI is InChI=1S/C19H15Cl2NO4S/c20-17-8-7-16(12-18(17)21)27(25,26)22(10-9-19(23)24)15-6-5-13-3-1-2-4-14(13)11-15/h1-8,11-12H,9-10H2,(H,23,24). The summed E-state index contributed by atoms with van der Waals surface area (Å²) in [5.41, 5.74) is 0.376. The SMILES string of the molecule is O=C(O)CCN(c1ccc2ccccc2c1)S(=O)(=O)c1ccc(Cl)c(Cl)c1. The first-order valence-corrected chi connectivity index (χ1v) is 10.2. The highest BCUT2D eigenvalue weighted by Gasteiger charge is 2.26. The second-order valence-corrected chi connectivity index (χ2v) is 8.50. The summed E-state index contributed by atoms with van der Waals surface area (Å²) in [6.07, 6.45) is -0.340. The number of carboxylic acids is 1. The number of carboxylic acid groups (broad SMARTS) is 1. The minimum atomic E-state index is -4.03. The average molecular weight is 424 g/mol. The Bertz CT molecular complexity index is 1120. The fraction of sp³-hybridized carbons (Fsp3) is 0.105. The highest BCUT2D eigenvalue weighted by atomic mass is 35.5. The zero-order valence-electron chi connectivity index (χ0n) is 14.0. The predicted molar refractivity (Wildman–Crippen MR) is 107 cm³/mol. The molecule has 0 amide bonds. The normalized spacial score (nSPS) is 11.5. The summed E-state index contributed by atoms with van der Waals surface area (Å²) in [6, 6.07) is 16.7. The van der Waals surface area contributed by atoms with Crippen molar-refractivity contribution in [3.05, 3.63) is 70.7 Å². The van der Waals surface area contributed by atoms with Crippen LogP contribution in [-0.2, 0) is 14.8 Å². The molecule has 0 fully saturated rings. The maximum absolute atomic E-state index is 13.2. The molecule has 8 heteroatoms. The van der Waals surface area contributed by atoms with Crippen molar-refractivity contribution < 1.29 is 18.3 Å². The van der Waals surface area contributed by atoms with Crippen LogP contribution >= 0.6 is 23.2 Å². The van der Waals surface area contributed by atoms with Crippen molar-refractivity contribution >= 4 is 55.7 Å². The molecule has 0 atom stereocenters. The van der Waals surface area contributed by atoms with Gasteiger partial charge in [0.1, 0.15) is 0 Å². The van der Waals surface area contributed by atoms with Gasteiger partial charge in [-0.2, -0.15) is 0 Å². The topological polar surface area (TPSA) is 74.7 Å². The molecular formula is C19H15Cl2NO4S. The van der Waals surface area contributed by atoms with Crippen molar-refractivity contribution in [3.63, 3.8) is 0 Å². The van der Waals surface area contributed by atoms with E-state index in [1.807, 2.05) is 24.3 Å². The number of halogens is 2. The molecule has 3 aromatic rings. The number of benzene rings is 3. The van der Waals surface area contributed by atoms with E-state index in [-0.39, 0.29) is 27.9 Å². The summed E-state index contributed by atoms with van der Waals surface area (Å²) < 4.78 is 27.4.